The van der Waals surface area contributed by atoms with Crippen LogP contribution < -0.4 is 10.6 Å². The maximum atomic E-state index is 11.9. The number of carbonyl (C=O) groups is 2. The normalized spacial score (nSPS) is 11.9. The summed E-state index contributed by atoms with van der Waals surface area (Å²) in [6, 6.07) is 9.08. The molecule has 1 rings (SSSR count). The molecular weight excluding hydrogens is 272 g/mol. The number of rotatable bonds is 10. The molecule has 0 fully saturated rings. The van der Waals surface area contributed by atoms with Gasteiger partial charge in [-0.1, -0.05) is 30.3 Å². The second kappa shape index (κ2) is 9.90. The number of hydrogen-bond acceptors (Lipinski definition) is 4. The summed E-state index contributed by atoms with van der Waals surface area (Å²) in [5.41, 5.74) is 0.906. The van der Waals surface area contributed by atoms with Gasteiger partial charge in [0.25, 0.3) is 0 Å². The molecule has 0 aliphatic rings. The van der Waals surface area contributed by atoms with Gasteiger partial charge < -0.3 is 20.5 Å². The van der Waals surface area contributed by atoms with Crippen LogP contribution in [0.25, 0.3) is 0 Å². The minimum atomic E-state index is -0.872. The van der Waals surface area contributed by atoms with Gasteiger partial charge in [-0.15, -0.1) is 0 Å². The maximum Gasteiger partial charge on any atom is 0.303 e. The zero-order valence-corrected chi connectivity index (χ0v) is 12.2. The van der Waals surface area contributed by atoms with Crippen LogP contribution in [0.2, 0.25) is 0 Å². The van der Waals surface area contributed by atoms with Crippen molar-refractivity contribution in [1.29, 1.82) is 0 Å². The van der Waals surface area contributed by atoms with Crippen LogP contribution in [0, 0.1) is 0 Å². The number of carboxylic acid groups (broad SMARTS) is 1. The zero-order valence-electron chi connectivity index (χ0n) is 12.2. The highest BCUT2D eigenvalue weighted by Crippen LogP contribution is 2.18. The number of methoxy groups -OCH3 is 1. The van der Waals surface area contributed by atoms with Crippen LogP contribution in [0.15, 0.2) is 30.3 Å². The van der Waals surface area contributed by atoms with E-state index in [9.17, 15) is 9.59 Å². The lowest BCUT2D eigenvalue weighted by molar-refractivity contribution is -0.137. The summed E-state index contributed by atoms with van der Waals surface area (Å²) in [6.45, 7) is 1.31. The molecule has 6 heteroatoms. The molecule has 0 saturated heterocycles. The van der Waals surface area contributed by atoms with Gasteiger partial charge in [0.1, 0.15) is 0 Å². The number of ether oxygens (including phenoxy) is 1. The number of carboxylic acids is 1. The maximum absolute atomic E-state index is 11.9. The minimum Gasteiger partial charge on any atom is -0.481 e. The highest BCUT2D eigenvalue weighted by molar-refractivity contribution is 5.78. The lowest BCUT2D eigenvalue weighted by atomic mass is 10.0. The standard InChI is InChI=1S/C15H22N2O4/c1-21-10-9-16-11-14(18)17-13(7-8-15(19)20)12-5-3-2-4-6-12/h2-6,13,16H,7-11H2,1H3,(H,17,18)(H,19,20). The third-order valence-electron chi connectivity index (χ3n) is 2.95. The largest absolute Gasteiger partial charge is 0.481 e. The quantitative estimate of drug-likeness (QED) is 0.559. The van der Waals surface area contributed by atoms with Crippen molar-refractivity contribution in [2.75, 3.05) is 26.8 Å². The molecule has 0 saturated carbocycles. The summed E-state index contributed by atoms with van der Waals surface area (Å²) in [5.74, 6) is -1.03. The molecule has 0 bridgehead atoms. The first-order valence-corrected chi connectivity index (χ1v) is 6.89. The number of hydrogen-bond donors (Lipinski definition) is 3. The van der Waals surface area contributed by atoms with E-state index >= 15 is 0 Å². The lowest BCUT2D eigenvalue weighted by Crippen LogP contribution is -2.37. The van der Waals surface area contributed by atoms with E-state index in [0.29, 0.717) is 19.6 Å². The minimum absolute atomic E-state index is 0.0109. The van der Waals surface area contributed by atoms with E-state index in [2.05, 4.69) is 10.6 Å². The van der Waals surface area contributed by atoms with Crippen molar-refractivity contribution in [1.82, 2.24) is 10.6 Å². The molecule has 0 radical (unpaired) electrons. The Hall–Kier alpha value is -1.92. The van der Waals surface area contributed by atoms with Crippen LogP contribution in [0.5, 0.6) is 0 Å². The molecule has 0 heterocycles. The molecule has 116 valence electrons. The number of benzene rings is 1. The van der Waals surface area contributed by atoms with E-state index in [1.165, 1.54) is 0 Å². The molecule has 6 nitrogen and oxygen atoms in total. The Morgan fingerprint density at radius 1 is 1.29 bits per heavy atom. The average Bonchev–Trinajstić information content (AvgIpc) is 2.48. The molecule has 1 aromatic rings. The molecular formula is C15H22N2O4. The van der Waals surface area contributed by atoms with Crippen LogP contribution in [0.1, 0.15) is 24.4 Å². The van der Waals surface area contributed by atoms with Crippen molar-refractivity contribution in [3.63, 3.8) is 0 Å². The fraction of sp³-hybridized carbons (Fsp3) is 0.467. The third kappa shape index (κ3) is 7.43. The molecule has 0 aliphatic carbocycles. The molecule has 1 atom stereocenters. The topological polar surface area (TPSA) is 87.7 Å². The molecule has 3 N–H and O–H groups in total. The molecule has 1 aromatic carbocycles. The summed E-state index contributed by atoms with van der Waals surface area (Å²) >= 11 is 0. The van der Waals surface area contributed by atoms with E-state index in [1.807, 2.05) is 30.3 Å². The Balaban J connectivity index is 2.52. The van der Waals surface area contributed by atoms with Gasteiger partial charge in [0.15, 0.2) is 0 Å². The van der Waals surface area contributed by atoms with Crippen LogP contribution in [0.4, 0.5) is 0 Å². The molecule has 0 aromatic heterocycles. The predicted molar refractivity (Wildman–Crippen MR) is 78.9 cm³/mol. The monoisotopic (exact) mass is 294 g/mol. The number of nitrogens with one attached hydrogen (secondary N) is 2. The van der Waals surface area contributed by atoms with Crippen molar-refractivity contribution in [3.8, 4) is 0 Å². The average molecular weight is 294 g/mol. The fourth-order valence-corrected chi connectivity index (χ4v) is 1.90. The van der Waals surface area contributed by atoms with Gasteiger partial charge in [-0.05, 0) is 12.0 Å². The van der Waals surface area contributed by atoms with Crippen molar-refractivity contribution >= 4 is 11.9 Å². The van der Waals surface area contributed by atoms with Gasteiger partial charge in [0.2, 0.25) is 5.91 Å². The van der Waals surface area contributed by atoms with Crippen LogP contribution >= 0.6 is 0 Å². The van der Waals surface area contributed by atoms with Gasteiger partial charge in [0.05, 0.1) is 19.2 Å². The second-order valence-corrected chi connectivity index (χ2v) is 4.63. The third-order valence-corrected chi connectivity index (χ3v) is 2.95. The van der Waals surface area contributed by atoms with Crippen LogP contribution in [0.3, 0.4) is 0 Å². The van der Waals surface area contributed by atoms with Crippen LogP contribution in [-0.2, 0) is 14.3 Å². The Labute approximate surface area is 124 Å². The highest BCUT2D eigenvalue weighted by atomic mass is 16.5. The van der Waals surface area contributed by atoms with Gasteiger partial charge in [-0.2, -0.15) is 0 Å². The Morgan fingerprint density at radius 2 is 2.00 bits per heavy atom. The molecule has 0 aliphatic heterocycles. The molecule has 1 amide bonds. The summed E-state index contributed by atoms with van der Waals surface area (Å²) in [4.78, 5) is 22.6. The first-order valence-electron chi connectivity index (χ1n) is 6.89. The summed E-state index contributed by atoms with van der Waals surface area (Å²) in [7, 11) is 1.60. The SMILES string of the molecule is COCCNCC(=O)NC(CCC(=O)O)c1ccccc1. The van der Waals surface area contributed by atoms with Crippen molar-refractivity contribution in [2.24, 2.45) is 0 Å². The second-order valence-electron chi connectivity index (χ2n) is 4.63. The van der Waals surface area contributed by atoms with Crippen molar-refractivity contribution < 1.29 is 19.4 Å². The highest BCUT2D eigenvalue weighted by Gasteiger charge is 2.15. The van der Waals surface area contributed by atoms with E-state index in [4.69, 9.17) is 9.84 Å². The predicted octanol–water partition coefficient (Wildman–Crippen LogP) is 0.945. The van der Waals surface area contributed by atoms with Gasteiger partial charge in [-0.25, -0.2) is 0 Å². The van der Waals surface area contributed by atoms with Crippen molar-refractivity contribution in [3.05, 3.63) is 35.9 Å². The van der Waals surface area contributed by atoms with E-state index in [1.54, 1.807) is 7.11 Å². The van der Waals surface area contributed by atoms with Crippen LogP contribution in [-0.4, -0.2) is 43.8 Å². The molecule has 1 unspecified atom stereocenters. The van der Waals surface area contributed by atoms with E-state index < -0.39 is 5.97 Å². The summed E-state index contributed by atoms with van der Waals surface area (Å²) < 4.78 is 4.88. The van der Waals surface area contributed by atoms with Gasteiger partial charge in [0, 0.05) is 20.1 Å². The smallest absolute Gasteiger partial charge is 0.303 e. The lowest BCUT2D eigenvalue weighted by Gasteiger charge is -2.18. The zero-order chi connectivity index (χ0) is 15.5. The summed E-state index contributed by atoms with van der Waals surface area (Å²) in [6.07, 6.45) is 0.375. The first kappa shape index (κ1) is 17.1. The summed E-state index contributed by atoms with van der Waals surface area (Å²) in [5, 5.41) is 14.6. The number of amides is 1. The number of carbonyl (C=O) groups excluding carboxylic acids is 1. The van der Waals surface area contributed by atoms with Gasteiger partial charge >= 0.3 is 5.97 Å². The van der Waals surface area contributed by atoms with Gasteiger partial charge in [-0.3, -0.25) is 9.59 Å². The number of aliphatic carboxylic acids is 1. The first-order chi connectivity index (χ1) is 10.1. The Bertz CT molecular complexity index is 437. The molecule has 0 spiro atoms. The van der Waals surface area contributed by atoms with Crippen molar-refractivity contribution in [2.45, 2.75) is 18.9 Å². The van der Waals surface area contributed by atoms with E-state index in [-0.39, 0.29) is 24.9 Å². The fourth-order valence-electron chi connectivity index (χ4n) is 1.90. The Morgan fingerprint density at radius 3 is 2.62 bits per heavy atom. The van der Waals surface area contributed by atoms with E-state index in [0.717, 1.165) is 5.56 Å². The Kier molecular flexibility index (Phi) is 8.08. The molecule has 21 heavy (non-hydrogen) atoms.